The highest BCUT2D eigenvalue weighted by atomic mass is 32.2. The lowest BCUT2D eigenvalue weighted by molar-refractivity contribution is -0.124. The zero-order chi connectivity index (χ0) is 23.5. The molecule has 1 aromatic heterocycles. The molecule has 2 aromatic rings. The molecule has 2 amide bonds. The van der Waals surface area contributed by atoms with Crippen LogP contribution in [0.5, 0.6) is 5.75 Å². The van der Waals surface area contributed by atoms with Crippen LogP contribution in [0.2, 0.25) is 0 Å². The Morgan fingerprint density at radius 3 is 2.62 bits per heavy atom. The number of hydrogen-bond acceptors (Lipinski definition) is 7. The second kappa shape index (κ2) is 10.1. The molecule has 0 saturated heterocycles. The summed E-state index contributed by atoms with van der Waals surface area (Å²) in [5.41, 5.74) is 6.91. The van der Waals surface area contributed by atoms with Crippen LogP contribution in [0.4, 0.5) is 0 Å². The average molecular weight is 483 g/mol. The molecule has 1 aromatic carbocycles. The van der Waals surface area contributed by atoms with Gasteiger partial charge in [-0.1, -0.05) is 18.9 Å². The molecule has 1 heterocycles. The first kappa shape index (κ1) is 24.4. The van der Waals surface area contributed by atoms with E-state index < -0.39 is 39.1 Å². The maximum atomic E-state index is 13.0. The van der Waals surface area contributed by atoms with Gasteiger partial charge in [-0.3, -0.25) is 9.59 Å². The molecule has 3 rings (SSSR count). The first-order valence-electron chi connectivity index (χ1n) is 10.5. The lowest BCUT2D eigenvalue weighted by Gasteiger charge is -2.25. The van der Waals surface area contributed by atoms with Gasteiger partial charge in [-0.15, -0.1) is 0 Å². The molecule has 3 atom stereocenters. The van der Waals surface area contributed by atoms with Gasteiger partial charge in [0.15, 0.2) is 0 Å². The second-order valence-electron chi connectivity index (χ2n) is 8.33. The number of carbonyl (C=O) groups is 2. The Morgan fingerprint density at radius 2 is 2.03 bits per heavy atom. The van der Waals surface area contributed by atoms with E-state index in [9.17, 15) is 18.0 Å². The molecule has 1 saturated carbocycles. The highest BCUT2D eigenvalue weighted by Gasteiger charge is 2.32. The number of thiol groups is 1. The number of benzene rings is 1. The quantitative estimate of drug-likeness (QED) is 0.241. The van der Waals surface area contributed by atoms with Crippen molar-refractivity contribution in [2.75, 3.05) is 19.1 Å². The SMILES string of the molecule is COc1cccc2[nH]c(C(=O)N[C@@H](CC3CC3)C(=O)N[C@@H](CCS(C)(=O)=O)[C@@H](N)S)cc12. The monoisotopic (exact) mass is 482 g/mol. The number of aromatic nitrogens is 1. The molecule has 1 aliphatic rings. The van der Waals surface area contributed by atoms with E-state index in [-0.39, 0.29) is 12.2 Å². The van der Waals surface area contributed by atoms with Crippen LogP contribution < -0.4 is 21.1 Å². The van der Waals surface area contributed by atoms with E-state index in [1.165, 1.54) is 0 Å². The molecule has 0 aliphatic heterocycles. The van der Waals surface area contributed by atoms with Gasteiger partial charge in [-0.25, -0.2) is 8.42 Å². The van der Waals surface area contributed by atoms with Gasteiger partial charge in [0.05, 0.1) is 24.3 Å². The Balaban J connectivity index is 1.72. The molecule has 5 N–H and O–H groups in total. The number of nitrogens with two attached hydrogens (primary N) is 1. The maximum Gasteiger partial charge on any atom is 0.268 e. The Morgan fingerprint density at radius 1 is 1.31 bits per heavy atom. The summed E-state index contributed by atoms with van der Waals surface area (Å²) in [7, 11) is -1.66. The molecule has 1 aliphatic carbocycles. The van der Waals surface area contributed by atoms with Crippen molar-refractivity contribution < 1.29 is 22.7 Å². The van der Waals surface area contributed by atoms with E-state index >= 15 is 0 Å². The summed E-state index contributed by atoms with van der Waals surface area (Å²) in [6.07, 6.45) is 3.78. The van der Waals surface area contributed by atoms with E-state index in [1.807, 2.05) is 12.1 Å². The van der Waals surface area contributed by atoms with Crippen LogP contribution >= 0.6 is 12.6 Å². The lowest BCUT2D eigenvalue weighted by atomic mass is 10.1. The standard InChI is InChI=1S/C21H30N4O5S2/c1-30-18-5-3-4-14-13(18)11-17(23-14)21(27)25-16(10-12-6-7-12)20(26)24-15(19(22)31)8-9-32(2,28)29/h3-5,11-12,15-16,19,23,31H,6-10,22H2,1-2H3,(H,24,26)(H,25,27)/t15-,16-,19-/m0/s1. The van der Waals surface area contributed by atoms with Crippen molar-refractivity contribution in [1.82, 2.24) is 15.6 Å². The van der Waals surface area contributed by atoms with Crippen LogP contribution in [-0.2, 0) is 14.6 Å². The van der Waals surface area contributed by atoms with Gasteiger partial charge in [0, 0.05) is 17.2 Å². The zero-order valence-electron chi connectivity index (χ0n) is 18.1. The smallest absolute Gasteiger partial charge is 0.268 e. The number of methoxy groups -OCH3 is 1. The van der Waals surface area contributed by atoms with Crippen LogP contribution in [0.15, 0.2) is 24.3 Å². The van der Waals surface area contributed by atoms with Crippen molar-refractivity contribution >= 4 is 45.2 Å². The van der Waals surface area contributed by atoms with Crippen LogP contribution in [0.25, 0.3) is 10.9 Å². The number of rotatable bonds is 11. The van der Waals surface area contributed by atoms with Gasteiger partial charge in [-0.2, -0.15) is 12.6 Å². The van der Waals surface area contributed by atoms with E-state index in [1.54, 1.807) is 19.2 Å². The Hall–Kier alpha value is -2.24. The fraction of sp³-hybridized carbons (Fsp3) is 0.524. The molecular weight excluding hydrogens is 452 g/mol. The van der Waals surface area contributed by atoms with Crippen molar-refractivity contribution in [3.05, 3.63) is 30.0 Å². The van der Waals surface area contributed by atoms with Gasteiger partial charge < -0.3 is 26.1 Å². The van der Waals surface area contributed by atoms with E-state index in [0.717, 1.165) is 30.0 Å². The number of carbonyl (C=O) groups excluding carboxylic acids is 2. The van der Waals surface area contributed by atoms with Crippen molar-refractivity contribution in [1.29, 1.82) is 0 Å². The second-order valence-corrected chi connectivity index (χ2v) is 11.2. The fourth-order valence-corrected chi connectivity index (χ4v) is 4.44. The highest BCUT2D eigenvalue weighted by Crippen LogP contribution is 2.34. The molecule has 1 fully saturated rings. The maximum absolute atomic E-state index is 13.0. The molecule has 0 radical (unpaired) electrons. The average Bonchev–Trinajstić information content (AvgIpc) is 3.43. The molecule has 0 spiro atoms. The number of aromatic amines is 1. The van der Waals surface area contributed by atoms with Crippen LogP contribution in [-0.4, -0.2) is 61.8 Å². The first-order valence-corrected chi connectivity index (χ1v) is 13.0. The third-order valence-corrected chi connectivity index (χ3v) is 6.85. The van der Waals surface area contributed by atoms with Crippen molar-refractivity contribution in [2.45, 2.75) is 43.1 Å². The molecule has 0 bridgehead atoms. The van der Waals surface area contributed by atoms with Crippen LogP contribution in [0.1, 0.15) is 36.2 Å². The largest absolute Gasteiger partial charge is 0.496 e. The number of amides is 2. The van der Waals surface area contributed by atoms with E-state index in [0.29, 0.717) is 23.8 Å². The summed E-state index contributed by atoms with van der Waals surface area (Å²) >= 11 is 4.19. The van der Waals surface area contributed by atoms with Crippen LogP contribution in [0, 0.1) is 5.92 Å². The number of hydrogen-bond donors (Lipinski definition) is 5. The molecular formula is C21H30N4O5S2. The molecule has 32 heavy (non-hydrogen) atoms. The minimum absolute atomic E-state index is 0.122. The molecule has 9 nitrogen and oxygen atoms in total. The number of sulfone groups is 1. The van der Waals surface area contributed by atoms with Crippen molar-refractivity contribution in [2.24, 2.45) is 11.7 Å². The van der Waals surface area contributed by atoms with Crippen LogP contribution in [0.3, 0.4) is 0 Å². The zero-order valence-corrected chi connectivity index (χ0v) is 19.8. The molecule has 0 unspecified atom stereocenters. The third-order valence-electron chi connectivity index (χ3n) is 5.52. The predicted molar refractivity (Wildman–Crippen MR) is 127 cm³/mol. The normalized spacial score (nSPS) is 16.9. The molecule has 176 valence electrons. The fourth-order valence-electron chi connectivity index (χ4n) is 3.53. The summed E-state index contributed by atoms with van der Waals surface area (Å²) in [5, 5.41) is 5.62. The Bertz CT molecular complexity index is 1080. The van der Waals surface area contributed by atoms with Gasteiger partial charge in [-0.05, 0) is 37.0 Å². The van der Waals surface area contributed by atoms with Gasteiger partial charge in [0.25, 0.3) is 5.91 Å². The molecule has 11 heteroatoms. The van der Waals surface area contributed by atoms with E-state index in [2.05, 4.69) is 28.2 Å². The van der Waals surface area contributed by atoms with Gasteiger partial charge >= 0.3 is 0 Å². The first-order chi connectivity index (χ1) is 15.1. The number of ether oxygens (including phenoxy) is 1. The summed E-state index contributed by atoms with van der Waals surface area (Å²) < 4.78 is 28.3. The summed E-state index contributed by atoms with van der Waals surface area (Å²) in [5.74, 6) is 0.0753. The topological polar surface area (TPSA) is 143 Å². The van der Waals surface area contributed by atoms with Gasteiger partial charge in [0.2, 0.25) is 5.91 Å². The van der Waals surface area contributed by atoms with Crippen molar-refractivity contribution in [3.63, 3.8) is 0 Å². The minimum atomic E-state index is -3.22. The summed E-state index contributed by atoms with van der Waals surface area (Å²) in [6, 6.07) is 5.74. The summed E-state index contributed by atoms with van der Waals surface area (Å²) in [6.45, 7) is 0. The Labute approximate surface area is 193 Å². The summed E-state index contributed by atoms with van der Waals surface area (Å²) in [4.78, 5) is 29.0. The third kappa shape index (κ3) is 6.63. The number of fused-ring (bicyclic) bond motifs is 1. The highest BCUT2D eigenvalue weighted by molar-refractivity contribution is 7.90. The van der Waals surface area contributed by atoms with E-state index in [4.69, 9.17) is 10.5 Å². The number of H-pyrrole nitrogens is 1. The minimum Gasteiger partial charge on any atom is -0.496 e. The lowest BCUT2D eigenvalue weighted by Crippen LogP contribution is -2.53. The number of nitrogens with one attached hydrogen (secondary N) is 3. The van der Waals surface area contributed by atoms with Crippen molar-refractivity contribution in [3.8, 4) is 5.75 Å². The predicted octanol–water partition coefficient (Wildman–Crippen LogP) is 1.21. The Kier molecular flexibility index (Phi) is 7.73. The van der Waals surface area contributed by atoms with Gasteiger partial charge in [0.1, 0.15) is 27.3 Å².